The van der Waals surface area contributed by atoms with Gasteiger partial charge < -0.3 is 19.5 Å². The number of nitrogens with one attached hydrogen (secondary N) is 2. The third kappa shape index (κ3) is 5.03. The molecule has 1 aliphatic heterocycles. The molecule has 0 fully saturated rings. The fraction of sp³-hybridized carbons (Fsp3) is 0.385. The van der Waals surface area contributed by atoms with E-state index in [1.807, 2.05) is 20.8 Å². The number of carbonyl (C=O) groups is 1. The van der Waals surface area contributed by atoms with Gasteiger partial charge in [0.25, 0.3) is 5.91 Å². The molecular formula is C26H28F2N8O3. The second-order valence-electron chi connectivity index (χ2n) is 9.49. The predicted molar refractivity (Wildman–Crippen MR) is 139 cm³/mol. The lowest BCUT2D eigenvalue weighted by Gasteiger charge is -2.35. The number of fused-ring (bicyclic) bond motifs is 2. The number of anilines is 1. The van der Waals surface area contributed by atoms with Gasteiger partial charge in [-0.25, -0.2) is 23.7 Å². The molecule has 11 nitrogen and oxygen atoms in total. The molecule has 5 heterocycles. The van der Waals surface area contributed by atoms with Gasteiger partial charge in [-0.2, -0.15) is 5.10 Å². The Labute approximate surface area is 222 Å². The van der Waals surface area contributed by atoms with Crippen molar-refractivity contribution >= 4 is 22.8 Å². The van der Waals surface area contributed by atoms with E-state index in [0.717, 1.165) is 25.2 Å². The zero-order chi connectivity index (χ0) is 27.7. The summed E-state index contributed by atoms with van der Waals surface area (Å²) in [4.78, 5) is 40.4. The van der Waals surface area contributed by atoms with Crippen LogP contribution in [-0.4, -0.2) is 59.7 Å². The number of amides is 1. The van der Waals surface area contributed by atoms with Crippen LogP contribution < -0.4 is 15.5 Å². The number of rotatable bonds is 9. The first kappa shape index (κ1) is 26.2. The van der Waals surface area contributed by atoms with Crippen LogP contribution in [0.2, 0.25) is 0 Å². The van der Waals surface area contributed by atoms with Gasteiger partial charge in [-0.1, -0.05) is 13.3 Å². The molecule has 0 unspecified atom stereocenters. The average molecular weight is 539 g/mol. The first-order valence-electron chi connectivity index (χ1n) is 12.7. The molecule has 13 heteroatoms. The van der Waals surface area contributed by atoms with Crippen molar-refractivity contribution in [2.45, 2.75) is 52.7 Å². The summed E-state index contributed by atoms with van der Waals surface area (Å²) in [5.41, 5.74) is 0.791. The molecule has 5 rings (SSSR count). The quantitative estimate of drug-likeness (QED) is 0.310. The van der Waals surface area contributed by atoms with Crippen molar-refractivity contribution in [3.05, 3.63) is 57.8 Å². The third-order valence-electron chi connectivity index (χ3n) is 6.52. The molecule has 0 saturated heterocycles. The highest BCUT2D eigenvalue weighted by Gasteiger charge is 2.32. The molecule has 39 heavy (non-hydrogen) atoms. The largest absolute Gasteiger partial charge is 0.487 e. The number of hydrogen-bond donors (Lipinski definition) is 2. The van der Waals surface area contributed by atoms with Crippen LogP contribution in [-0.2, 0) is 13.1 Å². The maximum atomic E-state index is 14.7. The maximum Gasteiger partial charge on any atom is 0.274 e. The third-order valence-corrected chi connectivity index (χ3v) is 6.52. The Hall–Kier alpha value is -4.42. The van der Waals surface area contributed by atoms with E-state index in [1.54, 1.807) is 9.47 Å². The lowest BCUT2D eigenvalue weighted by Crippen LogP contribution is -2.46. The van der Waals surface area contributed by atoms with Crippen LogP contribution in [0.15, 0.2) is 29.3 Å². The zero-order valence-electron chi connectivity index (χ0n) is 21.8. The Balaban J connectivity index is 1.48. The molecule has 0 spiro atoms. The zero-order valence-corrected chi connectivity index (χ0v) is 21.8. The summed E-state index contributed by atoms with van der Waals surface area (Å²) >= 11 is 0. The fourth-order valence-corrected chi connectivity index (χ4v) is 4.52. The predicted octanol–water partition coefficient (Wildman–Crippen LogP) is 3.51. The number of ether oxygens (including phenoxy) is 1. The first-order chi connectivity index (χ1) is 18.8. The second-order valence-corrected chi connectivity index (χ2v) is 9.49. The number of H-pyrrole nitrogens is 1. The van der Waals surface area contributed by atoms with Gasteiger partial charge in [-0.3, -0.25) is 14.7 Å². The van der Waals surface area contributed by atoms with E-state index in [1.165, 1.54) is 12.1 Å². The number of hydrogen-bond acceptors (Lipinski definition) is 8. The number of aromatic nitrogens is 6. The topological polar surface area (TPSA) is 131 Å². The monoisotopic (exact) mass is 538 g/mol. The SMILES string of the molecule is CCCCOc1c2n(c(CNc3nc(-c4n[nH]c5ncc(F)cc45)ncc3F)cc1=O)CCN(C(C)C)C2=O. The number of nitrogens with zero attached hydrogens (tertiary/aromatic N) is 6. The van der Waals surface area contributed by atoms with Gasteiger partial charge in [0.1, 0.15) is 11.5 Å². The molecule has 2 N–H and O–H groups in total. The molecule has 204 valence electrons. The van der Waals surface area contributed by atoms with E-state index in [4.69, 9.17) is 4.74 Å². The number of aromatic amines is 1. The summed E-state index contributed by atoms with van der Waals surface area (Å²) in [5, 5.41) is 10.0. The molecule has 1 amide bonds. The molecule has 0 atom stereocenters. The molecule has 0 radical (unpaired) electrons. The summed E-state index contributed by atoms with van der Waals surface area (Å²) < 4.78 is 36.0. The van der Waals surface area contributed by atoms with Crippen molar-refractivity contribution in [1.82, 2.24) is 34.6 Å². The van der Waals surface area contributed by atoms with Crippen molar-refractivity contribution in [3.63, 3.8) is 0 Å². The van der Waals surface area contributed by atoms with Crippen LogP contribution in [0.1, 0.15) is 49.8 Å². The smallest absolute Gasteiger partial charge is 0.274 e. The Morgan fingerprint density at radius 3 is 2.74 bits per heavy atom. The van der Waals surface area contributed by atoms with Gasteiger partial charge in [0.2, 0.25) is 5.43 Å². The fourth-order valence-electron chi connectivity index (χ4n) is 4.52. The van der Waals surface area contributed by atoms with Crippen molar-refractivity contribution in [2.75, 3.05) is 18.5 Å². The Bertz CT molecular complexity index is 1600. The minimum absolute atomic E-state index is 0.00267. The molecule has 0 saturated carbocycles. The first-order valence-corrected chi connectivity index (χ1v) is 12.7. The van der Waals surface area contributed by atoms with Crippen LogP contribution in [0.3, 0.4) is 0 Å². The van der Waals surface area contributed by atoms with E-state index in [2.05, 4.69) is 30.5 Å². The molecule has 0 bridgehead atoms. The minimum Gasteiger partial charge on any atom is -0.487 e. The van der Waals surface area contributed by atoms with Gasteiger partial charge in [0.15, 0.2) is 34.6 Å². The summed E-state index contributed by atoms with van der Waals surface area (Å²) in [6.07, 6.45) is 3.65. The van der Waals surface area contributed by atoms with E-state index < -0.39 is 17.1 Å². The van der Waals surface area contributed by atoms with Crippen LogP contribution in [0, 0.1) is 11.6 Å². The number of halogens is 2. The molecular weight excluding hydrogens is 510 g/mol. The van der Waals surface area contributed by atoms with Crippen molar-refractivity contribution in [2.24, 2.45) is 0 Å². The molecule has 1 aliphatic rings. The lowest BCUT2D eigenvalue weighted by atomic mass is 10.1. The van der Waals surface area contributed by atoms with Crippen LogP contribution in [0.25, 0.3) is 22.6 Å². The van der Waals surface area contributed by atoms with Gasteiger partial charge in [0, 0.05) is 30.9 Å². The van der Waals surface area contributed by atoms with Gasteiger partial charge in [-0.05, 0) is 26.3 Å². The minimum atomic E-state index is -0.731. The number of carbonyl (C=O) groups excluding carboxylic acids is 1. The summed E-state index contributed by atoms with van der Waals surface area (Å²) in [6, 6.07) is 2.58. The van der Waals surface area contributed by atoms with E-state index in [-0.39, 0.29) is 47.3 Å². The number of unbranched alkanes of at least 4 members (excludes halogenated alkanes) is 1. The highest BCUT2D eigenvalue weighted by Crippen LogP contribution is 2.26. The van der Waals surface area contributed by atoms with Crippen LogP contribution in [0.4, 0.5) is 14.6 Å². The highest BCUT2D eigenvalue weighted by molar-refractivity contribution is 5.96. The van der Waals surface area contributed by atoms with Crippen LogP contribution in [0.5, 0.6) is 5.75 Å². The Morgan fingerprint density at radius 1 is 1.15 bits per heavy atom. The van der Waals surface area contributed by atoms with E-state index in [0.29, 0.717) is 36.4 Å². The van der Waals surface area contributed by atoms with Crippen molar-refractivity contribution in [1.29, 1.82) is 0 Å². The van der Waals surface area contributed by atoms with Gasteiger partial charge in [-0.15, -0.1) is 0 Å². The number of pyridine rings is 2. The molecule has 4 aromatic rings. The van der Waals surface area contributed by atoms with E-state index in [9.17, 15) is 18.4 Å². The normalized spacial score (nSPS) is 13.3. The maximum absolute atomic E-state index is 14.7. The van der Waals surface area contributed by atoms with Gasteiger partial charge in [0.05, 0.1) is 30.9 Å². The molecule has 0 aliphatic carbocycles. The lowest BCUT2D eigenvalue weighted by molar-refractivity contribution is 0.0637. The Kier molecular flexibility index (Phi) is 7.22. The molecule has 4 aromatic heterocycles. The Morgan fingerprint density at radius 2 is 1.97 bits per heavy atom. The van der Waals surface area contributed by atoms with Crippen molar-refractivity contribution in [3.8, 4) is 17.3 Å². The van der Waals surface area contributed by atoms with Crippen molar-refractivity contribution < 1.29 is 18.3 Å². The summed E-state index contributed by atoms with van der Waals surface area (Å²) in [7, 11) is 0. The van der Waals surface area contributed by atoms with E-state index >= 15 is 0 Å². The average Bonchev–Trinajstić information content (AvgIpc) is 3.32. The highest BCUT2D eigenvalue weighted by atomic mass is 19.1. The molecule has 0 aromatic carbocycles. The van der Waals surface area contributed by atoms with Crippen LogP contribution >= 0.6 is 0 Å². The second kappa shape index (κ2) is 10.8. The summed E-state index contributed by atoms with van der Waals surface area (Å²) in [6.45, 7) is 7.05. The standard InChI is InChI=1S/C26H28F2N8O3/c1-4-5-8-39-22-19(37)10-16(36-7-6-35(14(2)3)26(38)21(22)36)12-30-24-18(28)13-31-25(32-24)20-17-9-15(27)11-29-23(17)34-33-20/h9-11,13-14H,4-8,12H2,1-3H3,(H,29,33,34)(H,30,31,32). The summed E-state index contributed by atoms with van der Waals surface area (Å²) in [5.74, 6) is -1.64. The van der Waals surface area contributed by atoms with Gasteiger partial charge >= 0.3 is 0 Å².